The van der Waals surface area contributed by atoms with Crippen molar-refractivity contribution in [1.82, 2.24) is 20.9 Å². The number of amides is 4. The molecular formula is C31H40N4O7. The molecule has 0 aromatic heterocycles. The highest BCUT2D eigenvalue weighted by molar-refractivity contribution is 5.98. The van der Waals surface area contributed by atoms with E-state index in [9.17, 15) is 24.6 Å². The predicted octanol–water partition coefficient (Wildman–Crippen LogP) is 1.94. The van der Waals surface area contributed by atoms with Crippen LogP contribution in [0.1, 0.15) is 55.5 Å². The highest BCUT2D eigenvalue weighted by Crippen LogP contribution is 2.30. The summed E-state index contributed by atoms with van der Waals surface area (Å²) in [7, 11) is 0. The number of aliphatic hydroxyl groups is 2. The summed E-state index contributed by atoms with van der Waals surface area (Å²) in [4.78, 5) is 41.4. The molecule has 3 heterocycles. The second-order valence-electron chi connectivity index (χ2n) is 11.6. The van der Waals surface area contributed by atoms with E-state index < -0.39 is 24.3 Å². The second-order valence-corrected chi connectivity index (χ2v) is 11.6. The average Bonchev–Trinajstić information content (AvgIpc) is 3.40. The van der Waals surface area contributed by atoms with Crippen molar-refractivity contribution in [1.29, 1.82) is 0 Å². The van der Waals surface area contributed by atoms with Gasteiger partial charge in [0.15, 0.2) is 0 Å². The van der Waals surface area contributed by atoms with Crippen LogP contribution in [-0.4, -0.2) is 89.1 Å². The first-order valence-corrected chi connectivity index (χ1v) is 14.7. The highest BCUT2D eigenvalue weighted by atomic mass is 16.5. The molecule has 0 unspecified atom stereocenters. The Hall–Kier alpha value is -3.67. The maximum absolute atomic E-state index is 13.6. The lowest BCUT2D eigenvalue weighted by molar-refractivity contribution is -0.133. The summed E-state index contributed by atoms with van der Waals surface area (Å²) in [6.45, 7) is 4.21. The molecule has 0 aliphatic carbocycles. The third-order valence-electron chi connectivity index (χ3n) is 8.06. The first kappa shape index (κ1) is 29.8. The summed E-state index contributed by atoms with van der Waals surface area (Å²) in [6, 6.07) is 11.1. The standard InChI is InChI=1S/C31H40N4O7/c1-18(2)33-31(40)35-16-22-14-25(35)30(39)32-15-28-26(37)10-8-23(42-28)11-12-41-27-13-21(7-9-24(27)29(38)34-22)20-5-3-19(17-36)4-6-20/h3-7,9,13,18,22-23,25-26,28,36-37H,8,10-12,14-17H2,1-2H3,(H,32,39)(H,33,40)(H,34,38)/t22-,23-,25-,26-,28+/m0/s1. The quantitative estimate of drug-likeness (QED) is 0.373. The Labute approximate surface area is 245 Å². The molecule has 226 valence electrons. The molecule has 5 rings (SSSR count). The van der Waals surface area contributed by atoms with Gasteiger partial charge in [-0.1, -0.05) is 30.3 Å². The van der Waals surface area contributed by atoms with E-state index in [0.29, 0.717) is 37.2 Å². The Balaban J connectivity index is 1.44. The summed E-state index contributed by atoms with van der Waals surface area (Å²) >= 11 is 0. The molecule has 11 heteroatoms. The van der Waals surface area contributed by atoms with Gasteiger partial charge < -0.3 is 40.5 Å². The van der Waals surface area contributed by atoms with E-state index in [1.54, 1.807) is 6.07 Å². The van der Waals surface area contributed by atoms with Gasteiger partial charge in [0.25, 0.3) is 5.91 Å². The third-order valence-corrected chi connectivity index (χ3v) is 8.06. The van der Waals surface area contributed by atoms with Gasteiger partial charge in [0, 0.05) is 31.6 Å². The van der Waals surface area contributed by atoms with Gasteiger partial charge >= 0.3 is 6.03 Å². The van der Waals surface area contributed by atoms with E-state index in [2.05, 4.69) is 16.0 Å². The molecule has 2 fully saturated rings. The summed E-state index contributed by atoms with van der Waals surface area (Å²) in [6.07, 6.45) is 0.500. The molecule has 3 aliphatic rings. The van der Waals surface area contributed by atoms with Gasteiger partial charge in [0.1, 0.15) is 17.9 Å². The van der Waals surface area contributed by atoms with Crippen molar-refractivity contribution in [3.63, 3.8) is 0 Å². The minimum absolute atomic E-state index is 0.0465. The number of rotatable bonds is 3. The van der Waals surface area contributed by atoms with Crippen molar-refractivity contribution in [3.05, 3.63) is 53.6 Å². The highest BCUT2D eigenvalue weighted by Gasteiger charge is 2.41. The third kappa shape index (κ3) is 6.86. The molecule has 11 nitrogen and oxygen atoms in total. The normalized spacial score (nSPS) is 26.6. The fourth-order valence-corrected chi connectivity index (χ4v) is 5.78. The smallest absolute Gasteiger partial charge is 0.318 e. The fraction of sp³-hybridized carbons (Fsp3) is 0.516. The van der Waals surface area contributed by atoms with Crippen molar-refractivity contribution < 1.29 is 34.1 Å². The van der Waals surface area contributed by atoms with Crippen LogP contribution in [0.15, 0.2) is 42.5 Å². The van der Waals surface area contributed by atoms with Crippen molar-refractivity contribution >= 4 is 17.8 Å². The van der Waals surface area contributed by atoms with Crippen LogP contribution < -0.4 is 20.7 Å². The summed E-state index contributed by atoms with van der Waals surface area (Å²) in [5.41, 5.74) is 2.92. The maximum Gasteiger partial charge on any atom is 0.318 e. The van der Waals surface area contributed by atoms with E-state index in [-0.39, 0.29) is 56.1 Å². The van der Waals surface area contributed by atoms with E-state index in [1.807, 2.05) is 50.2 Å². The molecule has 2 aromatic rings. The number of aliphatic hydroxyl groups excluding tert-OH is 2. The zero-order valence-corrected chi connectivity index (χ0v) is 24.0. The minimum atomic E-state index is -0.793. The number of hydrogen-bond acceptors (Lipinski definition) is 7. The van der Waals surface area contributed by atoms with Gasteiger partial charge in [-0.3, -0.25) is 9.59 Å². The Kier molecular flexibility index (Phi) is 9.30. The number of nitrogens with one attached hydrogen (secondary N) is 3. The molecule has 42 heavy (non-hydrogen) atoms. The number of urea groups is 1. The molecule has 5 N–H and O–H groups in total. The summed E-state index contributed by atoms with van der Waals surface area (Å²) in [5.74, 6) is -0.291. The Morgan fingerprint density at radius 2 is 1.86 bits per heavy atom. The Morgan fingerprint density at radius 1 is 1.10 bits per heavy atom. The van der Waals surface area contributed by atoms with Gasteiger partial charge in [0.2, 0.25) is 5.91 Å². The monoisotopic (exact) mass is 580 g/mol. The largest absolute Gasteiger partial charge is 0.493 e. The Bertz CT molecular complexity index is 1280. The van der Waals surface area contributed by atoms with Crippen LogP contribution in [0.4, 0.5) is 4.79 Å². The van der Waals surface area contributed by atoms with Gasteiger partial charge in [0.05, 0.1) is 31.0 Å². The van der Waals surface area contributed by atoms with Gasteiger partial charge in [-0.15, -0.1) is 0 Å². The first-order chi connectivity index (χ1) is 20.2. The van der Waals surface area contributed by atoms with E-state index in [1.165, 1.54) is 4.90 Å². The number of fused-ring (bicyclic) bond motifs is 5. The minimum Gasteiger partial charge on any atom is -0.493 e. The lowest BCUT2D eigenvalue weighted by Crippen LogP contribution is -2.53. The van der Waals surface area contributed by atoms with Crippen LogP contribution in [-0.2, 0) is 16.1 Å². The average molecular weight is 581 g/mol. The zero-order valence-electron chi connectivity index (χ0n) is 24.0. The maximum atomic E-state index is 13.6. The number of nitrogens with zero attached hydrogens (tertiary/aromatic N) is 1. The lowest BCUT2D eigenvalue weighted by Gasteiger charge is -2.34. The first-order valence-electron chi connectivity index (χ1n) is 14.7. The lowest BCUT2D eigenvalue weighted by atomic mass is 9.99. The van der Waals surface area contributed by atoms with E-state index in [0.717, 1.165) is 16.7 Å². The number of benzene rings is 2. The molecule has 5 atom stereocenters. The van der Waals surface area contributed by atoms with Crippen molar-refractivity contribution in [2.45, 2.75) is 82.6 Å². The van der Waals surface area contributed by atoms with E-state index in [4.69, 9.17) is 9.47 Å². The van der Waals surface area contributed by atoms with Crippen LogP contribution >= 0.6 is 0 Å². The molecule has 4 bridgehead atoms. The van der Waals surface area contributed by atoms with Crippen LogP contribution in [0.2, 0.25) is 0 Å². The van der Waals surface area contributed by atoms with Crippen LogP contribution in [0.5, 0.6) is 5.75 Å². The number of hydrogen-bond donors (Lipinski definition) is 5. The molecule has 2 aromatic carbocycles. The number of carbonyl (C=O) groups is 3. The second kappa shape index (κ2) is 13.1. The number of carbonyl (C=O) groups excluding carboxylic acids is 3. The van der Waals surface area contributed by atoms with Crippen molar-refractivity contribution in [2.75, 3.05) is 19.7 Å². The van der Waals surface area contributed by atoms with Crippen molar-refractivity contribution in [3.8, 4) is 16.9 Å². The van der Waals surface area contributed by atoms with Crippen LogP contribution in [0, 0.1) is 0 Å². The van der Waals surface area contributed by atoms with Crippen LogP contribution in [0.3, 0.4) is 0 Å². The summed E-state index contributed by atoms with van der Waals surface area (Å²) in [5, 5.41) is 28.7. The Morgan fingerprint density at radius 3 is 2.60 bits per heavy atom. The number of likely N-dealkylation sites (tertiary alicyclic amines) is 1. The molecule has 0 spiro atoms. The molecule has 0 radical (unpaired) electrons. The van der Waals surface area contributed by atoms with Gasteiger partial charge in [-0.25, -0.2) is 4.79 Å². The topological polar surface area (TPSA) is 149 Å². The molecular weight excluding hydrogens is 540 g/mol. The van der Waals surface area contributed by atoms with E-state index >= 15 is 0 Å². The zero-order chi connectivity index (χ0) is 29.8. The van der Waals surface area contributed by atoms with Crippen molar-refractivity contribution in [2.24, 2.45) is 0 Å². The van der Waals surface area contributed by atoms with Gasteiger partial charge in [-0.05, 0) is 61.9 Å². The summed E-state index contributed by atoms with van der Waals surface area (Å²) < 4.78 is 12.3. The van der Waals surface area contributed by atoms with Gasteiger partial charge in [-0.2, -0.15) is 0 Å². The molecule has 3 aliphatic heterocycles. The predicted molar refractivity (Wildman–Crippen MR) is 155 cm³/mol. The number of ether oxygens (including phenoxy) is 2. The SMILES string of the molecule is CC(C)NC(=O)N1C[C@@H]2C[C@H]1C(=O)NC[C@H]1O[C@H](CCOc3cc(-c4ccc(CO)cc4)ccc3C(=O)N2)CC[C@@H]1O. The molecule has 4 amide bonds. The van der Waals surface area contributed by atoms with Crippen LogP contribution in [0.25, 0.3) is 11.1 Å². The fourth-order valence-electron chi connectivity index (χ4n) is 5.78. The molecule has 2 saturated heterocycles. The molecule has 0 saturated carbocycles.